The zero-order valence-corrected chi connectivity index (χ0v) is 16.5. The van der Waals surface area contributed by atoms with Crippen molar-refractivity contribution in [1.82, 2.24) is 0 Å². The van der Waals surface area contributed by atoms with E-state index >= 15 is 0 Å². The molecule has 1 aliphatic heterocycles. The topological polar surface area (TPSA) is 77.1 Å². The van der Waals surface area contributed by atoms with Crippen LogP contribution in [0.4, 0.5) is 11.4 Å². The van der Waals surface area contributed by atoms with Gasteiger partial charge in [-0.15, -0.1) is 0 Å². The molecule has 0 bridgehead atoms. The number of anilines is 2. The Balaban J connectivity index is 1.78. The van der Waals surface area contributed by atoms with Gasteiger partial charge in [0, 0.05) is 30.5 Å². The lowest BCUT2D eigenvalue weighted by Crippen LogP contribution is -2.41. The van der Waals surface area contributed by atoms with Crippen molar-refractivity contribution >= 4 is 21.4 Å². The highest BCUT2D eigenvalue weighted by molar-refractivity contribution is 7.92. The van der Waals surface area contributed by atoms with Crippen LogP contribution in [0.1, 0.15) is 6.92 Å². The largest absolute Gasteiger partial charge is 0.497 e. The number of nitrogens with zero attached hydrogens (tertiary/aromatic N) is 1. The van der Waals surface area contributed by atoms with Gasteiger partial charge in [-0.2, -0.15) is 0 Å². The van der Waals surface area contributed by atoms with Gasteiger partial charge >= 0.3 is 0 Å². The van der Waals surface area contributed by atoms with Gasteiger partial charge in [-0.05, 0) is 43.3 Å². The van der Waals surface area contributed by atoms with Gasteiger partial charge in [0.15, 0.2) is 0 Å². The fraction of sp³-hybridized carbons (Fsp3) is 0.368. The average molecular weight is 392 g/mol. The number of rotatable bonds is 6. The molecule has 146 valence electrons. The Labute approximate surface area is 159 Å². The SMILES string of the molecule is COc1ccc(S(=O)(=O)Nc2ccc(N3CCOC(C)C3)cc2)c(OC)c1. The number of hydrogen-bond donors (Lipinski definition) is 1. The Morgan fingerprint density at radius 3 is 2.48 bits per heavy atom. The number of sulfonamides is 1. The Kier molecular flexibility index (Phi) is 5.76. The van der Waals surface area contributed by atoms with E-state index < -0.39 is 10.0 Å². The summed E-state index contributed by atoms with van der Waals surface area (Å²) in [5.74, 6) is 0.746. The van der Waals surface area contributed by atoms with E-state index in [1.165, 1.54) is 26.4 Å². The molecule has 1 saturated heterocycles. The van der Waals surface area contributed by atoms with Gasteiger partial charge in [0.05, 0.1) is 26.9 Å². The van der Waals surface area contributed by atoms with Crippen molar-refractivity contribution in [3.05, 3.63) is 42.5 Å². The molecule has 2 aromatic carbocycles. The molecule has 27 heavy (non-hydrogen) atoms. The first-order valence-electron chi connectivity index (χ1n) is 8.64. The van der Waals surface area contributed by atoms with Crippen LogP contribution in [0.15, 0.2) is 47.4 Å². The summed E-state index contributed by atoms with van der Waals surface area (Å²) in [6, 6.07) is 11.9. The van der Waals surface area contributed by atoms with Crippen molar-refractivity contribution in [1.29, 1.82) is 0 Å². The van der Waals surface area contributed by atoms with E-state index in [2.05, 4.69) is 9.62 Å². The molecule has 7 nitrogen and oxygen atoms in total. The molecule has 1 unspecified atom stereocenters. The molecular weight excluding hydrogens is 368 g/mol. The van der Waals surface area contributed by atoms with Crippen molar-refractivity contribution in [2.75, 3.05) is 43.5 Å². The number of benzene rings is 2. The van der Waals surface area contributed by atoms with E-state index in [9.17, 15) is 8.42 Å². The number of hydrogen-bond acceptors (Lipinski definition) is 6. The first-order chi connectivity index (χ1) is 12.9. The maximum atomic E-state index is 12.8. The second-order valence-corrected chi connectivity index (χ2v) is 7.95. The maximum Gasteiger partial charge on any atom is 0.265 e. The molecule has 3 rings (SSSR count). The predicted octanol–water partition coefficient (Wildman–Crippen LogP) is 2.73. The quantitative estimate of drug-likeness (QED) is 0.815. The lowest BCUT2D eigenvalue weighted by Gasteiger charge is -2.33. The van der Waals surface area contributed by atoms with Gasteiger partial charge in [0.25, 0.3) is 10.0 Å². The zero-order valence-electron chi connectivity index (χ0n) is 15.6. The molecule has 1 atom stereocenters. The minimum absolute atomic E-state index is 0.0527. The smallest absolute Gasteiger partial charge is 0.265 e. The maximum absolute atomic E-state index is 12.8. The van der Waals surface area contributed by atoms with E-state index in [-0.39, 0.29) is 16.7 Å². The van der Waals surface area contributed by atoms with Gasteiger partial charge in [-0.1, -0.05) is 0 Å². The minimum atomic E-state index is -3.79. The van der Waals surface area contributed by atoms with Gasteiger partial charge < -0.3 is 19.1 Å². The van der Waals surface area contributed by atoms with Gasteiger partial charge in [-0.3, -0.25) is 4.72 Å². The molecule has 2 aromatic rings. The van der Waals surface area contributed by atoms with Crippen LogP contribution in [-0.2, 0) is 14.8 Å². The number of methoxy groups -OCH3 is 2. The van der Waals surface area contributed by atoms with Crippen LogP contribution in [0.5, 0.6) is 11.5 Å². The first-order valence-corrected chi connectivity index (χ1v) is 10.1. The standard InChI is InChI=1S/C19H24N2O5S/c1-14-13-21(10-11-26-14)16-6-4-15(5-7-16)20-27(22,23)19-9-8-17(24-2)12-18(19)25-3/h4-9,12,14,20H,10-11,13H2,1-3H3. The summed E-state index contributed by atoms with van der Waals surface area (Å²) >= 11 is 0. The third kappa shape index (κ3) is 4.45. The Morgan fingerprint density at radius 2 is 1.85 bits per heavy atom. The van der Waals surface area contributed by atoms with Crippen LogP contribution in [-0.4, -0.2) is 48.4 Å². The summed E-state index contributed by atoms with van der Waals surface area (Å²) in [6.45, 7) is 4.36. The molecule has 0 spiro atoms. The van der Waals surface area contributed by atoms with E-state index in [4.69, 9.17) is 14.2 Å². The third-order valence-corrected chi connectivity index (χ3v) is 5.81. The normalized spacial score (nSPS) is 17.4. The first kappa shape index (κ1) is 19.3. The van der Waals surface area contributed by atoms with Crippen LogP contribution < -0.4 is 19.1 Å². The van der Waals surface area contributed by atoms with Gasteiger partial charge in [0.1, 0.15) is 16.4 Å². The number of nitrogens with one attached hydrogen (secondary N) is 1. The fourth-order valence-electron chi connectivity index (χ4n) is 3.00. The Bertz CT molecular complexity index is 883. The highest BCUT2D eigenvalue weighted by Gasteiger charge is 2.21. The molecule has 0 radical (unpaired) electrons. The monoisotopic (exact) mass is 392 g/mol. The lowest BCUT2D eigenvalue weighted by atomic mass is 10.2. The van der Waals surface area contributed by atoms with Crippen LogP contribution in [0.2, 0.25) is 0 Å². The fourth-order valence-corrected chi connectivity index (χ4v) is 4.21. The van der Waals surface area contributed by atoms with Crippen LogP contribution in [0, 0.1) is 0 Å². The minimum Gasteiger partial charge on any atom is -0.497 e. The van der Waals surface area contributed by atoms with Crippen molar-refractivity contribution in [3.63, 3.8) is 0 Å². The molecule has 0 saturated carbocycles. The van der Waals surface area contributed by atoms with E-state index in [0.29, 0.717) is 18.0 Å². The van der Waals surface area contributed by atoms with E-state index in [0.717, 1.165) is 18.8 Å². The molecule has 0 aliphatic carbocycles. The molecule has 8 heteroatoms. The van der Waals surface area contributed by atoms with Crippen LogP contribution >= 0.6 is 0 Å². The molecule has 1 heterocycles. The molecule has 1 N–H and O–H groups in total. The summed E-state index contributed by atoms with van der Waals surface area (Å²) < 4.78 is 44.0. The molecule has 0 aromatic heterocycles. The highest BCUT2D eigenvalue weighted by atomic mass is 32.2. The van der Waals surface area contributed by atoms with Crippen molar-refractivity contribution in [2.45, 2.75) is 17.9 Å². The van der Waals surface area contributed by atoms with Crippen LogP contribution in [0.25, 0.3) is 0 Å². The second kappa shape index (κ2) is 8.06. The predicted molar refractivity (Wildman–Crippen MR) is 104 cm³/mol. The summed E-state index contributed by atoms with van der Waals surface area (Å²) in [5.41, 5.74) is 1.52. The van der Waals surface area contributed by atoms with Crippen molar-refractivity contribution in [2.24, 2.45) is 0 Å². The van der Waals surface area contributed by atoms with Crippen molar-refractivity contribution in [3.8, 4) is 11.5 Å². The molecule has 0 amide bonds. The van der Waals surface area contributed by atoms with Crippen molar-refractivity contribution < 1.29 is 22.6 Å². The average Bonchev–Trinajstić information content (AvgIpc) is 2.67. The third-order valence-electron chi connectivity index (χ3n) is 4.39. The number of ether oxygens (including phenoxy) is 3. The van der Waals surface area contributed by atoms with Crippen LogP contribution in [0.3, 0.4) is 0 Å². The zero-order chi connectivity index (χ0) is 19.4. The number of morpholine rings is 1. The highest BCUT2D eigenvalue weighted by Crippen LogP contribution is 2.30. The van der Waals surface area contributed by atoms with E-state index in [1.807, 2.05) is 19.1 Å². The van der Waals surface area contributed by atoms with Gasteiger partial charge in [0.2, 0.25) is 0 Å². The Hall–Kier alpha value is -2.45. The summed E-state index contributed by atoms with van der Waals surface area (Å²) in [7, 11) is -0.857. The molecular formula is C19H24N2O5S. The van der Waals surface area contributed by atoms with Gasteiger partial charge in [-0.25, -0.2) is 8.42 Å². The lowest BCUT2D eigenvalue weighted by molar-refractivity contribution is 0.0532. The second-order valence-electron chi connectivity index (χ2n) is 6.30. The summed E-state index contributed by atoms with van der Waals surface area (Å²) in [4.78, 5) is 2.27. The summed E-state index contributed by atoms with van der Waals surface area (Å²) in [5, 5.41) is 0. The Morgan fingerprint density at radius 1 is 1.11 bits per heavy atom. The molecule has 1 aliphatic rings. The van der Waals surface area contributed by atoms with E-state index in [1.54, 1.807) is 18.2 Å². The summed E-state index contributed by atoms with van der Waals surface area (Å²) in [6.07, 6.45) is 0.180. The molecule has 1 fully saturated rings.